The lowest BCUT2D eigenvalue weighted by Crippen LogP contribution is -2.28. The number of aromatic nitrogens is 2. The third-order valence-electron chi connectivity index (χ3n) is 4.99. The smallest absolute Gasteiger partial charge is 0.152 e. The maximum atomic E-state index is 10.7. The molecular weight excluding hydrogens is 352 g/mol. The topological polar surface area (TPSA) is 85.2 Å². The van der Waals surface area contributed by atoms with E-state index in [0.29, 0.717) is 25.0 Å². The van der Waals surface area contributed by atoms with Crippen molar-refractivity contribution in [3.8, 4) is 11.8 Å². The predicted octanol–water partition coefficient (Wildman–Crippen LogP) is 4.03. The van der Waals surface area contributed by atoms with Crippen LogP contribution in [0.1, 0.15) is 24.2 Å². The number of aliphatic hydroxyl groups is 1. The molecule has 1 fully saturated rings. The van der Waals surface area contributed by atoms with Gasteiger partial charge in [-0.3, -0.25) is 4.90 Å². The average molecular weight is 374 g/mol. The van der Waals surface area contributed by atoms with Crippen molar-refractivity contribution in [3.63, 3.8) is 0 Å². The van der Waals surface area contributed by atoms with Crippen molar-refractivity contribution < 1.29 is 9.84 Å². The minimum atomic E-state index is 0.0435. The number of imidazole rings is 1. The summed E-state index contributed by atoms with van der Waals surface area (Å²) in [7, 11) is 1.65. The highest BCUT2D eigenvalue weighted by Crippen LogP contribution is 2.30. The summed E-state index contributed by atoms with van der Waals surface area (Å²) >= 11 is 0. The van der Waals surface area contributed by atoms with Crippen molar-refractivity contribution in [2.45, 2.75) is 25.4 Å². The van der Waals surface area contributed by atoms with E-state index in [1.54, 1.807) is 7.11 Å². The molecule has 2 N–H and O–H groups in total. The first kappa shape index (κ1) is 18.1. The van der Waals surface area contributed by atoms with Gasteiger partial charge >= 0.3 is 0 Å². The van der Waals surface area contributed by atoms with Crippen molar-refractivity contribution in [2.75, 3.05) is 13.7 Å². The monoisotopic (exact) mass is 374 g/mol. The molecule has 28 heavy (non-hydrogen) atoms. The van der Waals surface area contributed by atoms with E-state index in [2.05, 4.69) is 20.9 Å². The van der Waals surface area contributed by atoms with Crippen LogP contribution in [0.4, 0.5) is 0 Å². The SMILES string of the molecule is COc1ccc(CN(C/C(O)=C(\C#N)c2nc3ccccc3[nH]2)C2CC2)cc1. The van der Waals surface area contributed by atoms with Gasteiger partial charge < -0.3 is 14.8 Å². The van der Waals surface area contributed by atoms with E-state index in [0.717, 1.165) is 35.2 Å². The molecule has 0 saturated heterocycles. The number of methoxy groups -OCH3 is 1. The second-order valence-electron chi connectivity index (χ2n) is 7.02. The number of aromatic amines is 1. The molecule has 1 heterocycles. The first-order valence-corrected chi connectivity index (χ1v) is 9.32. The molecule has 1 aliphatic rings. The third-order valence-corrected chi connectivity index (χ3v) is 4.99. The van der Waals surface area contributed by atoms with Gasteiger partial charge in [0.25, 0.3) is 0 Å². The fourth-order valence-corrected chi connectivity index (χ4v) is 3.32. The summed E-state index contributed by atoms with van der Waals surface area (Å²) in [6, 6.07) is 18.1. The first-order chi connectivity index (χ1) is 13.7. The molecule has 2 aromatic carbocycles. The fourth-order valence-electron chi connectivity index (χ4n) is 3.32. The second kappa shape index (κ2) is 7.75. The lowest BCUT2D eigenvalue weighted by molar-refractivity contribution is 0.235. The standard InChI is InChI=1S/C22H22N4O2/c1-28-17-10-6-15(7-11-17)13-26(16-8-9-16)14-21(27)18(12-23)22-24-19-4-2-3-5-20(19)25-22/h2-7,10-11,16,27H,8-9,13-14H2,1H3,(H,24,25)/b21-18-. The van der Waals surface area contributed by atoms with Crippen molar-refractivity contribution in [1.29, 1.82) is 5.26 Å². The number of nitrogens with zero attached hydrogens (tertiary/aromatic N) is 3. The summed E-state index contributed by atoms with van der Waals surface area (Å²) in [5.41, 5.74) is 2.95. The molecular formula is C22H22N4O2. The van der Waals surface area contributed by atoms with Gasteiger partial charge in [0, 0.05) is 12.6 Å². The first-order valence-electron chi connectivity index (χ1n) is 9.32. The predicted molar refractivity (Wildman–Crippen MR) is 108 cm³/mol. The number of H-pyrrole nitrogens is 1. The lowest BCUT2D eigenvalue weighted by atomic mass is 10.1. The number of rotatable bonds is 7. The molecule has 1 aliphatic carbocycles. The normalized spacial score (nSPS) is 14.8. The largest absolute Gasteiger partial charge is 0.509 e. The molecule has 6 heteroatoms. The molecule has 0 aliphatic heterocycles. The van der Waals surface area contributed by atoms with Crippen LogP contribution in [0.5, 0.6) is 5.75 Å². The van der Waals surface area contributed by atoms with Gasteiger partial charge in [0.1, 0.15) is 23.2 Å². The van der Waals surface area contributed by atoms with Crippen molar-refractivity contribution in [1.82, 2.24) is 14.9 Å². The summed E-state index contributed by atoms with van der Waals surface area (Å²) < 4.78 is 5.21. The number of allylic oxidation sites excluding steroid dienone is 1. The summed E-state index contributed by atoms with van der Waals surface area (Å²) in [5, 5.41) is 20.4. The maximum Gasteiger partial charge on any atom is 0.152 e. The number of nitriles is 1. The molecule has 0 radical (unpaired) electrons. The second-order valence-corrected chi connectivity index (χ2v) is 7.02. The van der Waals surface area contributed by atoms with Crippen LogP contribution in [-0.2, 0) is 6.54 Å². The Labute approximate surface area is 163 Å². The van der Waals surface area contributed by atoms with E-state index in [1.165, 1.54) is 0 Å². The van der Waals surface area contributed by atoms with Crippen LogP contribution in [-0.4, -0.2) is 39.7 Å². The highest BCUT2D eigenvalue weighted by molar-refractivity contribution is 5.82. The molecule has 0 atom stereocenters. The Morgan fingerprint density at radius 2 is 2.00 bits per heavy atom. The van der Waals surface area contributed by atoms with Gasteiger partial charge in [-0.15, -0.1) is 0 Å². The third kappa shape index (κ3) is 3.85. The number of hydrogen-bond acceptors (Lipinski definition) is 5. The minimum absolute atomic E-state index is 0.0435. The molecule has 1 saturated carbocycles. The van der Waals surface area contributed by atoms with Crippen molar-refractivity contribution in [3.05, 3.63) is 65.7 Å². The Morgan fingerprint density at radius 3 is 2.64 bits per heavy atom. The zero-order valence-electron chi connectivity index (χ0n) is 15.7. The molecule has 0 amide bonds. The highest BCUT2D eigenvalue weighted by Gasteiger charge is 2.30. The van der Waals surface area contributed by atoms with E-state index in [4.69, 9.17) is 4.74 Å². The Bertz CT molecular complexity index is 1010. The Kier molecular flexibility index (Phi) is 5.00. The van der Waals surface area contributed by atoms with Crippen LogP contribution in [0.2, 0.25) is 0 Å². The molecule has 142 valence electrons. The Balaban J connectivity index is 1.56. The fraction of sp³-hybridized carbons (Fsp3) is 0.273. The number of para-hydroxylation sites is 2. The lowest BCUT2D eigenvalue weighted by Gasteiger charge is -2.22. The van der Waals surface area contributed by atoms with Gasteiger partial charge in [-0.1, -0.05) is 24.3 Å². The van der Waals surface area contributed by atoms with Gasteiger partial charge in [-0.2, -0.15) is 5.26 Å². The summed E-state index contributed by atoms with van der Waals surface area (Å²) in [4.78, 5) is 9.78. The maximum absolute atomic E-state index is 10.7. The zero-order valence-corrected chi connectivity index (χ0v) is 15.7. The molecule has 6 nitrogen and oxygen atoms in total. The van der Waals surface area contributed by atoms with E-state index < -0.39 is 0 Å². The molecule has 0 bridgehead atoms. The van der Waals surface area contributed by atoms with Crippen LogP contribution >= 0.6 is 0 Å². The average Bonchev–Trinajstić information content (AvgIpc) is 3.48. The van der Waals surface area contributed by atoms with Gasteiger partial charge in [0.15, 0.2) is 5.82 Å². The van der Waals surface area contributed by atoms with E-state index in [-0.39, 0.29) is 11.3 Å². The zero-order chi connectivity index (χ0) is 19.5. The summed E-state index contributed by atoms with van der Waals surface area (Å²) in [5.74, 6) is 1.27. The van der Waals surface area contributed by atoms with Crippen LogP contribution < -0.4 is 4.74 Å². The van der Waals surface area contributed by atoms with Gasteiger partial charge in [0.2, 0.25) is 0 Å². The van der Waals surface area contributed by atoms with Crippen LogP contribution in [0.25, 0.3) is 16.6 Å². The Hall–Kier alpha value is -3.30. The van der Waals surface area contributed by atoms with E-state index >= 15 is 0 Å². The number of nitrogens with one attached hydrogen (secondary N) is 1. The van der Waals surface area contributed by atoms with Gasteiger partial charge in [-0.25, -0.2) is 4.98 Å². The van der Waals surface area contributed by atoms with Crippen LogP contribution in [0.15, 0.2) is 54.3 Å². The molecule has 0 unspecified atom stereocenters. The minimum Gasteiger partial charge on any atom is -0.509 e. The number of fused-ring (bicyclic) bond motifs is 1. The van der Waals surface area contributed by atoms with Crippen molar-refractivity contribution >= 4 is 16.6 Å². The number of ether oxygens (including phenoxy) is 1. The highest BCUT2D eigenvalue weighted by atomic mass is 16.5. The number of aliphatic hydroxyl groups excluding tert-OH is 1. The number of benzene rings is 2. The molecule has 0 spiro atoms. The number of hydrogen-bond donors (Lipinski definition) is 2. The summed E-state index contributed by atoms with van der Waals surface area (Å²) in [6.07, 6.45) is 2.21. The van der Waals surface area contributed by atoms with E-state index in [1.807, 2.05) is 48.5 Å². The van der Waals surface area contributed by atoms with Gasteiger partial charge in [-0.05, 0) is 42.7 Å². The summed E-state index contributed by atoms with van der Waals surface area (Å²) in [6.45, 7) is 1.02. The van der Waals surface area contributed by atoms with Crippen molar-refractivity contribution in [2.24, 2.45) is 0 Å². The van der Waals surface area contributed by atoms with E-state index in [9.17, 15) is 10.4 Å². The molecule has 3 aromatic rings. The van der Waals surface area contributed by atoms with Gasteiger partial charge in [0.05, 0.1) is 24.7 Å². The quantitative estimate of drug-likeness (QED) is 0.482. The molecule has 4 rings (SSSR count). The molecule has 1 aromatic heterocycles. The Morgan fingerprint density at radius 1 is 1.25 bits per heavy atom. The van der Waals surface area contributed by atoms with Crippen LogP contribution in [0.3, 0.4) is 0 Å². The van der Waals surface area contributed by atoms with Crippen LogP contribution in [0, 0.1) is 11.3 Å².